The Bertz CT molecular complexity index is 463. The summed E-state index contributed by atoms with van der Waals surface area (Å²) in [5.41, 5.74) is -4.93. The number of rotatable bonds is 7. The van der Waals surface area contributed by atoms with Gasteiger partial charge in [-0.2, -0.15) is 0 Å². The van der Waals surface area contributed by atoms with Gasteiger partial charge in [0.2, 0.25) is 0 Å². The van der Waals surface area contributed by atoms with E-state index in [-0.39, 0.29) is 0 Å². The summed E-state index contributed by atoms with van der Waals surface area (Å²) in [7, 11) is -8.37. The molecule has 0 aromatic rings. The van der Waals surface area contributed by atoms with Crippen LogP contribution in [0.5, 0.6) is 0 Å². The van der Waals surface area contributed by atoms with Crippen molar-refractivity contribution in [3.63, 3.8) is 0 Å². The van der Waals surface area contributed by atoms with Crippen LogP contribution in [0.25, 0.3) is 0 Å². The van der Waals surface area contributed by atoms with Crippen molar-refractivity contribution < 1.29 is 47.5 Å². The molecule has 0 rings (SSSR count). The first-order valence-electron chi connectivity index (χ1n) is 5.17. The first kappa shape index (κ1) is 19.7. The van der Waals surface area contributed by atoms with E-state index in [9.17, 15) is 47.5 Å². The minimum Gasteiger partial charge on any atom is -0.387 e. The maximum absolute atomic E-state index is 11.0. The Kier molecular flexibility index (Phi) is 6.50. The fraction of sp³-hybridized carbons (Fsp3) is 1.00. The van der Waals surface area contributed by atoms with Crippen molar-refractivity contribution >= 4 is 19.7 Å². The Hall–Kier alpha value is -0.340. The van der Waals surface area contributed by atoms with E-state index >= 15 is 0 Å². The average Bonchev–Trinajstić information content (AvgIpc) is 2.30. The van der Waals surface area contributed by atoms with Gasteiger partial charge in [-0.05, 0) is 0 Å². The molecule has 0 aliphatic carbocycles. The third-order valence-electron chi connectivity index (χ3n) is 2.51. The molecule has 0 saturated carbocycles. The lowest BCUT2D eigenvalue weighted by Gasteiger charge is -2.29. The summed E-state index contributed by atoms with van der Waals surface area (Å²) in [4.78, 5) is 0. The normalized spacial score (nSPS) is 22.6. The summed E-state index contributed by atoms with van der Waals surface area (Å²) in [5, 5.41) is 55.9. The maximum Gasteiger partial charge on any atom is 0.183 e. The summed E-state index contributed by atoms with van der Waals surface area (Å²) in [6, 6.07) is 0. The van der Waals surface area contributed by atoms with Gasteiger partial charge in [-0.25, -0.2) is 16.8 Å². The van der Waals surface area contributed by atoms with Crippen molar-refractivity contribution in [3.05, 3.63) is 0 Å². The van der Waals surface area contributed by atoms with Crippen molar-refractivity contribution in [2.24, 2.45) is 0 Å². The summed E-state index contributed by atoms with van der Waals surface area (Å²) < 4.78 is 43.8. The molecule has 0 radical (unpaired) electrons. The molecule has 0 heterocycles. The van der Waals surface area contributed by atoms with E-state index in [0.717, 1.165) is 0 Å². The zero-order valence-electron chi connectivity index (χ0n) is 10.6. The molecule has 12 heteroatoms. The van der Waals surface area contributed by atoms with Crippen LogP contribution in [0.2, 0.25) is 0 Å². The second kappa shape index (κ2) is 6.62. The molecular weight excluding hydrogens is 320 g/mol. The van der Waals surface area contributed by atoms with Gasteiger partial charge >= 0.3 is 0 Å². The van der Waals surface area contributed by atoms with Gasteiger partial charge in [0.25, 0.3) is 0 Å². The lowest BCUT2D eigenvalue weighted by atomic mass is 10.0. The molecule has 0 aromatic carbocycles. The molecule has 0 bridgehead atoms. The van der Waals surface area contributed by atoms with E-state index in [1.54, 1.807) is 0 Å². The first-order valence-corrected chi connectivity index (χ1v) is 9.08. The van der Waals surface area contributed by atoms with Crippen LogP contribution in [-0.4, -0.2) is 95.3 Å². The minimum absolute atomic E-state index is 0.543. The maximum atomic E-state index is 11.0. The standard InChI is InChI=1S/C8H18O10S2/c1-19(15,16)7(13)5(11)3(9)4(10)6(12)8(14)20(2,17)18/h3-14H,1-2H3/t3-,4-,5-,6-,7?,8?/m0/s1. The van der Waals surface area contributed by atoms with E-state index < -0.39 is 55.0 Å². The molecule has 6 N–H and O–H groups in total. The highest BCUT2D eigenvalue weighted by Gasteiger charge is 2.42. The number of aliphatic hydroxyl groups excluding tert-OH is 6. The second-order valence-electron chi connectivity index (χ2n) is 4.40. The van der Waals surface area contributed by atoms with Gasteiger partial charge in [0.1, 0.15) is 24.4 Å². The third kappa shape index (κ3) is 4.89. The molecule has 122 valence electrons. The van der Waals surface area contributed by atoms with Crippen molar-refractivity contribution in [1.29, 1.82) is 0 Å². The van der Waals surface area contributed by atoms with Crippen LogP contribution in [-0.2, 0) is 19.7 Å². The van der Waals surface area contributed by atoms with Crippen molar-refractivity contribution in [3.8, 4) is 0 Å². The largest absolute Gasteiger partial charge is 0.387 e. The van der Waals surface area contributed by atoms with Crippen LogP contribution in [0.15, 0.2) is 0 Å². The van der Waals surface area contributed by atoms with E-state index in [2.05, 4.69) is 0 Å². The third-order valence-corrected chi connectivity index (χ3v) is 4.82. The molecule has 2 unspecified atom stereocenters. The van der Waals surface area contributed by atoms with Crippen LogP contribution in [0.3, 0.4) is 0 Å². The van der Waals surface area contributed by atoms with Gasteiger partial charge in [0.15, 0.2) is 30.5 Å². The molecule has 0 aromatic heterocycles. The second-order valence-corrected chi connectivity index (χ2v) is 8.69. The van der Waals surface area contributed by atoms with Crippen molar-refractivity contribution in [2.75, 3.05) is 12.5 Å². The Balaban J connectivity index is 5.08. The van der Waals surface area contributed by atoms with Crippen LogP contribution in [0.4, 0.5) is 0 Å². The number of sulfone groups is 2. The first-order chi connectivity index (χ1) is 8.71. The highest BCUT2D eigenvalue weighted by molar-refractivity contribution is 7.91. The lowest BCUT2D eigenvalue weighted by molar-refractivity contribution is -0.133. The fourth-order valence-electron chi connectivity index (χ4n) is 1.25. The summed E-state index contributed by atoms with van der Waals surface area (Å²) >= 11 is 0. The molecule has 0 aliphatic rings. The molecule has 0 aliphatic heterocycles. The van der Waals surface area contributed by atoms with E-state index in [1.165, 1.54) is 0 Å². The SMILES string of the molecule is CS(=O)(=O)C(O)[C@@H](O)[C@@H](O)[C@H](O)[C@H](O)C(O)S(C)(=O)=O. The van der Waals surface area contributed by atoms with Crippen LogP contribution >= 0.6 is 0 Å². The summed E-state index contributed by atoms with van der Waals surface area (Å²) in [6.45, 7) is 0. The predicted molar refractivity (Wildman–Crippen MR) is 65.7 cm³/mol. The van der Waals surface area contributed by atoms with Crippen LogP contribution < -0.4 is 0 Å². The topological polar surface area (TPSA) is 190 Å². The highest BCUT2D eigenvalue weighted by atomic mass is 32.2. The van der Waals surface area contributed by atoms with Crippen molar-refractivity contribution in [1.82, 2.24) is 0 Å². The molecule has 0 spiro atoms. The Morgan fingerprint density at radius 3 is 0.900 bits per heavy atom. The quantitative estimate of drug-likeness (QED) is 0.262. The van der Waals surface area contributed by atoms with Gasteiger partial charge in [-0.1, -0.05) is 0 Å². The smallest absolute Gasteiger partial charge is 0.183 e. The molecule has 0 fully saturated rings. The van der Waals surface area contributed by atoms with Crippen LogP contribution in [0, 0.1) is 0 Å². The minimum atomic E-state index is -4.18. The fourth-order valence-corrected chi connectivity index (χ4v) is 2.58. The van der Waals surface area contributed by atoms with Gasteiger partial charge in [0.05, 0.1) is 0 Å². The average molecular weight is 338 g/mol. The lowest BCUT2D eigenvalue weighted by Crippen LogP contribution is -2.54. The van der Waals surface area contributed by atoms with Gasteiger partial charge in [-0.15, -0.1) is 0 Å². The molecule has 6 atom stereocenters. The van der Waals surface area contributed by atoms with E-state index in [1.807, 2.05) is 0 Å². The monoisotopic (exact) mass is 338 g/mol. The van der Waals surface area contributed by atoms with Gasteiger partial charge in [-0.3, -0.25) is 0 Å². The zero-order chi connectivity index (χ0) is 16.5. The highest BCUT2D eigenvalue weighted by Crippen LogP contribution is 2.15. The number of hydrogen-bond acceptors (Lipinski definition) is 10. The zero-order valence-corrected chi connectivity index (χ0v) is 12.2. The van der Waals surface area contributed by atoms with Crippen molar-refractivity contribution in [2.45, 2.75) is 35.3 Å². The number of aliphatic hydroxyl groups is 6. The molecular formula is C8H18O10S2. The van der Waals surface area contributed by atoms with Gasteiger partial charge < -0.3 is 30.6 Å². The Morgan fingerprint density at radius 1 is 0.550 bits per heavy atom. The molecule has 0 amide bonds. The summed E-state index contributed by atoms with van der Waals surface area (Å²) in [6.07, 6.45) is -8.57. The molecule has 20 heavy (non-hydrogen) atoms. The van der Waals surface area contributed by atoms with Gasteiger partial charge in [0, 0.05) is 12.5 Å². The summed E-state index contributed by atoms with van der Waals surface area (Å²) in [5.74, 6) is 0. The number of hydrogen-bond donors (Lipinski definition) is 6. The van der Waals surface area contributed by atoms with E-state index in [0.29, 0.717) is 12.5 Å². The Morgan fingerprint density at radius 2 is 0.750 bits per heavy atom. The molecule has 0 saturated heterocycles. The van der Waals surface area contributed by atoms with Crippen LogP contribution in [0.1, 0.15) is 0 Å². The Labute approximate surface area is 115 Å². The van der Waals surface area contributed by atoms with E-state index in [4.69, 9.17) is 0 Å². The predicted octanol–water partition coefficient (Wildman–Crippen LogP) is -4.84. The molecule has 10 nitrogen and oxygen atoms in total.